The first kappa shape index (κ1) is 17.0. The van der Waals surface area contributed by atoms with Crippen molar-refractivity contribution in [2.24, 2.45) is 0 Å². The Morgan fingerprint density at radius 3 is 2.58 bits per heavy atom. The van der Waals surface area contributed by atoms with Gasteiger partial charge in [-0.1, -0.05) is 18.2 Å². The van der Waals surface area contributed by atoms with Crippen LogP contribution in [0.15, 0.2) is 66.9 Å². The fourth-order valence-corrected chi connectivity index (χ4v) is 2.20. The first-order valence-corrected chi connectivity index (χ1v) is 7.69. The number of ether oxygens (including phenoxy) is 3. The highest BCUT2D eigenvalue weighted by Gasteiger charge is 2.18. The number of para-hydroxylation sites is 1. The molecule has 26 heavy (non-hydrogen) atoms. The highest BCUT2D eigenvalue weighted by Crippen LogP contribution is 2.30. The quantitative estimate of drug-likeness (QED) is 0.513. The number of carbonyl (C=O) groups is 1. The lowest BCUT2D eigenvalue weighted by atomic mass is 10.2. The Morgan fingerprint density at radius 2 is 1.85 bits per heavy atom. The van der Waals surface area contributed by atoms with E-state index in [9.17, 15) is 4.79 Å². The highest BCUT2D eigenvalue weighted by molar-refractivity contribution is 5.93. The minimum absolute atomic E-state index is 0.135. The molecular weight excluding hydrogens is 332 g/mol. The monoisotopic (exact) mass is 346 g/mol. The molecule has 0 aliphatic carbocycles. The standard InChI is InChI=1S/C20H14N2O4/c1-24-18-12-14(13-21)9-10-17(18)26-20(23)16-8-5-11-22-19(16)25-15-6-3-2-4-7-15/h2-12H,1H3. The molecule has 3 aromatic rings. The number of hydrogen-bond donors (Lipinski definition) is 0. The van der Waals surface area contributed by atoms with Crippen molar-refractivity contribution in [3.8, 4) is 29.2 Å². The summed E-state index contributed by atoms with van der Waals surface area (Å²) in [6.45, 7) is 0. The molecule has 0 aliphatic rings. The van der Waals surface area contributed by atoms with Gasteiger partial charge in [0.2, 0.25) is 5.88 Å². The fraction of sp³-hybridized carbons (Fsp3) is 0.0500. The number of hydrogen-bond acceptors (Lipinski definition) is 6. The van der Waals surface area contributed by atoms with Crippen molar-refractivity contribution in [3.63, 3.8) is 0 Å². The number of nitriles is 1. The second-order valence-corrected chi connectivity index (χ2v) is 5.14. The van der Waals surface area contributed by atoms with E-state index in [2.05, 4.69) is 4.98 Å². The van der Waals surface area contributed by atoms with Crippen molar-refractivity contribution in [1.82, 2.24) is 4.98 Å². The van der Waals surface area contributed by atoms with E-state index in [0.29, 0.717) is 11.3 Å². The van der Waals surface area contributed by atoms with Gasteiger partial charge in [0.25, 0.3) is 0 Å². The van der Waals surface area contributed by atoms with E-state index in [1.165, 1.54) is 31.5 Å². The molecule has 0 bridgehead atoms. The third-order valence-electron chi connectivity index (χ3n) is 3.44. The second-order valence-electron chi connectivity index (χ2n) is 5.14. The Balaban J connectivity index is 1.86. The molecule has 0 fully saturated rings. The molecule has 0 radical (unpaired) electrons. The summed E-state index contributed by atoms with van der Waals surface area (Å²) in [6, 6.07) is 18.7. The highest BCUT2D eigenvalue weighted by atomic mass is 16.6. The van der Waals surface area contributed by atoms with Crippen LogP contribution in [-0.2, 0) is 0 Å². The SMILES string of the molecule is COc1cc(C#N)ccc1OC(=O)c1cccnc1Oc1ccccc1. The Hall–Kier alpha value is -3.85. The van der Waals surface area contributed by atoms with Crippen molar-refractivity contribution in [2.75, 3.05) is 7.11 Å². The molecule has 0 spiro atoms. The van der Waals surface area contributed by atoms with E-state index in [0.717, 1.165) is 0 Å². The van der Waals surface area contributed by atoms with Gasteiger partial charge in [-0.3, -0.25) is 0 Å². The average Bonchev–Trinajstić information content (AvgIpc) is 2.69. The smallest absolute Gasteiger partial charge is 0.349 e. The largest absolute Gasteiger partial charge is 0.493 e. The maximum absolute atomic E-state index is 12.6. The zero-order valence-corrected chi connectivity index (χ0v) is 13.9. The first-order chi connectivity index (χ1) is 12.7. The number of esters is 1. The Labute approximate surface area is 150 Å². The molecular formula is C20H14N2O4. The lowest BCUT2D eigenvalue weighted by molar-refractivity contribution is 0.0726. The number of aromatic nitrogens is 1. The van der Waals surface area contributed by atoms with Crippen molar-refractivity contribution in [1.29, 1.82) is 5.26 Å². The van der Waals surface area contributed by atoms with Crippen LogP contribution in [0.25, 0.3) is 0 Å². The van der Waals surface area contributed by atoms with Crippen molar-refractivity contribution < 1.29 is 19.0 Å². The Bertz CT molecular complexity index is 965. The van der Waals surface area contributed by atoms with Crippen LogP contribution < -0.4 is 14.2 Å². The minimum atomic E-state index is -0.646. The van der Waals surface area contributed by atoms with E-state index in [-0.39, 0.29) is 22.9 Å². The number of methoxy groups -OCH3 is 1. The Kier molecular flexibility index (Phi) is 5.11. The number of rotatable bonds is 5. The van der Waals surface area contributed by atoms with Gasteiger partial charge in [0.05, 0.1) is 18.7 Å². The van der Waals surface area contributed by atoms with E-state index in [1.54, 1.807) is 24.3 Å². The molecule has 0 saturated heterocycles. The molecule has 3 rings (SSSR count). The van der Waals surface area contributed by atoms with Gasteiger partial charge in [-0.2, -0.15) is 5.26 Å². The van der Waals surface area contributed by atoms with Crippen LogP contribution in [0.4, 0.5) is 0 Å². The zero-order chi connectivity index (χ0) is 18.4. The van der Waals surface area contributed by atoms with Crippen molar-refractivity contribution in [3.05, 3.63) is 78.0 Å². The molecule has 2 aromatic carbocycles. The summed E-state index contributed by atoms with van der Waals surface area (Å²) in [7, 11) is 1.43. The summed E-state index contributed by atoms with van der Waals surface area (Å²) < 4.78 is 16.3. The van der Waals surface area contributed by atoms with Gasteiger partial charge >= 0.3 is 5.97 Å². The normalized spacial score (nSPS) is 9.85. The maximum Gasteiger partial charge on any atom is 0.349 e. The molecule has 6 heteroatoms. The number of pyridine rings is 1. The molecule has 1 heterocycles. The van der Waals surface area contributed by atoms with Gasteiger partial charge in [0.1, 0.15) is 11.3 Å². The second kappa shape index (κ2) is 7.81. The van der Waals surface area contributed by atoms with Crippen LogP contribution in [0, 0.1) is 11.3 Å². The van der Waals surface area contributed by atoms with Gasteiger partial charge in [-0.15, -0.1) is 0 Å². The van der Waals surface area contributed by atoms with Crippen LogP contribution in [0.5, 0.6) is 23.1 Å². The van der Waals surface area contributed by atoms with Crippen molar-refractivity contribution >= 4 is 5.97 Å². The molecule has 6 nitrogen and oxygen atoms in total. The topological polar surface area (TPSA) is 81.4 Å². The molecule has 0 N–H and O–H groups in total. The van der Waals surface area contributed by atoms with E-state index in [4.69, 9.17) is 19.5 Å². The van der Waals surface area contributed by atoms with Gasteiger partial charge in [-0.05, 0) is 36.4 Å². The molecule has 1 aromatic heterocycles. The Morgan fingerprint density at radius 1 is 1.04 bits per heavy atom. The van der Waals surface area contributed by atoms with E-state index in [1.807, 2.05) is 24.3 Å². The van der Waals surface area contributed by atoms with Gasteiger partial charge in [0, 0.05) is 12.3 Å². The van der Waals surface area contributed by atoms with E-state index >= 15 is 0 Å². The number of carbonyl (C=O) groups excluding carboxylic acids is 1. The van der Waals surface area contributed by atoms with E-state index < -0.39 is 5.97 Å². The van der Waals surface area contributed by atoms with Crippen LogP contribution in [0.3, 0.4) is 0 Å². The van der Waals surface area contributed by atoms with Crippen LogP contribution in [0.2, 0.25) is 0 Å². The predicted octanol–water partition coefficient (Wildman–Crippen LogP) is 3.97. The zero-order valence-electron chi connectivity index (χ0n) is 13.9. The lowest BCUT2D eigenvalue weighted by Gasteiger charge is -2.11. The maximum atomic E-state index is 12.6. The van der Waals surface area contributed by atoms with Crippen LogP contribution >= 0.6 is 0 Å². The summed E-state index contributed by atoms with van der Waals surface area (Å²) >= 11 is 0. The van der Waals surface area contributed by atoms with Crippen LogP contribution in [0.1, 0.15) is 15.9 Å². The molecule has 0 amide bonds. The molecule has 128 valence electrons. The molecule has 0 saturated carbocycles. The van der Waals surface area contributed by atoms with Crippen LogP contribution in [-0.4, -0.2) is 18.1 Å². The minimum Gasteiger partial charge on any atom is -0.493 e. The fourth-order valence-electron chi connectivity index (χ4n) is 2.20. The van der Waals surface area contributed by atoms with Gasteiger partial charge < -0.3 is 14.2 Å². The summed E-state index contributed by atoms with van der Waals surface area (Å²) in [5.74, 6) is 0.525. The first-order valence-electron chi connectivity index (χ1n) is 7.69. The van der Waals surface area contributed by atoms with Gasteiger partial charge in [0.15, 0.2) is 11.5 Å². The molecule has 0 unspecified atom stereocenters. The predicted molar refractivity (Wildman–Crippen MR) is 93.4 cm³/mol. The average molecular weight is 346 g/mol. The summed E-state index contributed by atoms with van der Waals surface area (Å²) in [5.41, 5.74) is 0.568. The summed E-state index contributed by atoms with van der Waals surface area (Å²) in [6.07, 6.45) is 1.53. The summed E-state index contributed by atoms with van der Waals surface area (Å²) in [4.78, 5) is 16.7. The molecule has 0 atom stereocenters. The van der Waals surface area contributed by atoms with Crippen molar-refractivity contribution in [2.45, 2.75) is 0 Å². The number of nitrogens with zero attached hydrogens (tertiary/aromatic N) is 2. The lowest BCUT2D eigenvalue weighted by Crippen LogP contribution is -2.11. The number of benzene rings is 2. The third-order valence-corrected chi connectivity index (χ3v) is 3.44. The molecule has 0 aliphatic heterocycles. The summed E-state index contributed by atoms with van der Waals surface area (Å²) in [5, 5.41) is 8.95. The van der Waals surface area contributed by atoms with Gasteiger partial charge in [-0.25, -0.2) is 9.78 Å². The third kappa shape index (κ3) is 3.79.